The summed E-state index contributed by atoms with van der Waals surface area (Å²) in [6.07, 6.45) is 1.70. The lowest BCUT2D eigenvalue weighted by Crippen LogP contribution is -2.25. The van der Waals surface area contributed by atoms with E-state index in [-0.39, 0.29) is 18.1 Å². The molecule has 0 saturated carbocycles. The van der Waals surface area contributed by atoms with Crippen molar-refractivity contribution >= 4 is 23.0 Å². The fourth-order valence-electron chi connectivity index (χ4n) is 3.10. The topological polar surface area (TPSA) is 68.5 Å². The molecule has 4 aromatic rings. The van der Waals surface area contributed by atoms with Crippen molar-refractivity contribution in [3.05, 3.63) is 87.3 Å². The Balaban J connectivity index is 1.76. The smallest absolute Gasteiger partial charge is 0.275 e. The average molecular weight is 363 g/mol. The van der Waals surface area contributed by atoms with E-state index in [1.54, 1.807) is 12.3 Å². The van der Waals surface area contributed by atoms with Crippen molar-refractivity contribution < 1.29 is 0 Å². The predicted octanol–water partition coefficient (Wildman–Crippen LogP) is 3.31. The molecule has 2 heterocycles. The third-order valence-corrected chi connectivity index (χ3v) is 4.79. The average Bonchev–Trinajstić information content (AvgIpc) is 3.04. The van der Waals surface area contributed by atoms with Crippen LogP contribution in [0.3, 0.4) is 0 Å². The molecule has 0 saturated heterocycles. The van der Waals surface area contributed by atoms with Crippen LogP contribution in [0.25, 0.3) is 10.8 Å². The highest BCUT2D eigenvalue weighted by Crippen LogP contribution is 2.19. The molecule has 2 aromatic heterocycles. The van der Waals surface area contributed by atoms with Crippen molar-refractivity contribution in [1.29, 1.82) is 0 Å². The first kappa shape index (κ1) is 16.4. The highest BCUT2D eigenvalue weighted by molar-refractivity contribution is 7.71. The van der Waals surface area contributed by atoms with E-state index in [0.717, 1.165) is 10.9 Å². The molecule has 0 unspecified atom stereocenters. The van der Waals surface area contributed by atoms with Crippen molar-refractivity contribution in [3.63, 3.8) is 0 Å². The Morgan fingerprint density at radius 2 is 1.85 bits per heavy atom. The van der Waals surface area contributed by atoms with Crippen molar-refractivity contribution in [2.75, 3.05) is 0 Å². The first-order valence-corrected chi connectivity index (χ1v) is 8.71. The van der Waals surface area contributed by atoms with E-state index in [2.05, 4.69) is 22.2 Å². The van der Waals surface area contributed by atoms with Gasteiger partial charge in [0.05, 0.1) is 17.6 Å². The second-order valence-electron chi connectivity index (χ2n) is 6.10. The zero-order chi connectivity index (χ0) is 18.1. The van der Waals surface area contributed by atoms with Crippen molar-refractivity contribution in [1.82, 2.24) is 24.5 Å². The van der Waals surface area contributed by atoms with Crippen LogP contribution in [0.2, 0.25) is 0 Å². The van der Waals surface area contributed by atoms with Crippen LogP contribution in [-0.2, 0) is 6.54 Å². The number of nitrogens with one attached hydrogen (secondary N) is 1. The van der Waals surface area contributed by atoms with Crippen LogP contribution in [-0.4, -0.2) is 24.5 Å². The van der Waals surface area contributed by atoms with Crippen LogP contribution in [0.15, 0.2) is 65.6 Å². The summed E-state index contributed by atoms with van der Waals surface area (Å²) in [5.41, 5.74) is 0.973. The zero-order valence-electron chi connectivity index (χ0n) is 14.2. The van der Waals surface area contributed by atoms with Gasteiger partial charge in [-0.1, -0.05) is 48.5 Å². The Morgan fingerprint density at radius 3 is 2.65 bits per heavy atom. The Kier molecular flexibility index (Phi) is 4.22. The number of hydrogen-bond acceptors (Lipinski definition) is 4. The van der Waals surface area contributed by atoms with Crippen LogP contribution in [0.4, 0.5) is 0 Å². The van der Waals surface area contributed by atoms with Gasteiger partial charge in [-0.2, -0.15) is 10.2 Å². The third-order valence-electron chi connectivity index (χ3n) is 4.50. The SMILES string of the molecule is C[C@@H](c1ccccc1)n1c(Cn2ncc3ccccc3c2=O)n[nH]c1=S. The summed E-state index contributed by atoms with van der Waals surface area (Å²) in [7, 11) is 0. The van der Waals surface area contributed by atoms with Crippen LogP contribution in [0.5, 0.6) is 0 Å². The van der Waals surface area contributed by atoms with Gasteiger partial charge in [-0.3, -0.25) is 14.5 Å². The van der Waals surface area contributed by atoms with Crippen molar-refractivity contribution in [3.8, 4) is 0 Å². The molecular formula is C19H17N5OS. The largest absolute Gasteiger partial charge is 0.295 e. The monoisotopic (exact) mass is 363 g/mol. The second-order valence-corrected chi connectivity index (χ2v) is 6.48. The number of hydrogen-bond donors (Lipinski definition) is 1. The van der Waals surface area contributed by atoms with E-state index in [4.69, 9.17) is 12.2 Å². The minimum Gasteiger partial charge on any atom is -0.295 e. The van der Waals surface area contributed by atoms with Crippen molar-refractivity contribution in [2.45, 2.75) is 19.5 Å². The first-order chi connectivity index (χ1) is 12.6. The summed E-state index contributed by atoms with van der Waals surface area (Å²) in [4.78, 5) is 12.7. The van der Waals surface area contributed by atoms with Gasteiger partial charge >= 0.3 is 0 Å². The summed E-state index contributed by atoms with van der Waals surface area (Å²) in [6, 6.07) is 17.5. The molecule has 7 heteroatoms. The quantitative estimate of drug-likeness (QED) is 0.565. The third kappa shape index (κ3) is 2.86. The van der Waals surface area contributed by atoms with E-state index in [0.29, 0.717) is 16.0 Å². The molecule has 1 atom stereocenters. The van der Waals surface area contributed by atoms with E-state index < -0.39 is 0 Å². The van der Waals surface area contributed by atoms with Gasteiger partial charge in [0.25, 0.3) is 5.56 Å². The number of aromatic amines is 1. The molecule has 0 bridgehead atoms. The summed E-state index contributed by atoms with van der Waals surface area (Å²) < 4.78 is 3.86. The molecular weight excluding hydrogens is 346 g/mol. The maximum absolute atomic E-state index is 12.7. The minimum absolute atomic E-state index is 0.00592. The molecule has 26 heavy (non-hydrogen) atoms. The molecule has 0 aliphatic heterocycles. The van der Waals surface area contributed by atoms with Crippen LogP contribution in [0, 0.1) is 4.77 Å². The highest BCUT2D eigenvalue weighted by atomic mass is 32.1. The van der Waals surface area contributed by atoms with Crippen LogP contribution in [0.1, 0.15) is 24.4 Å². The molecule has 0 aliphatic rings. The lowest BCUT2D eigenvalue weighted by Gasteiger charge is -2.16. The minimum atomic E-state index is -0.143. The molecule has 0 spiro atoms. The van der Waals surface area contributed by atoms with Gasteiger partial charge in [0.15, 0.2) is 10.6 Å². The van der Waals surface area contributed by atoms with E-state index in [1.165, 1.54) is 4.68 Å². The maximum atomic E-state index is 12.7. The number of rotatable bonds is 4. The highest BCUT2D eigenvalue weighted by Gasteiger charge is 2.16. The normalized spacial score (nSPS) is 12.3. The van der Waals surface area contributed by atoms with E-state index in [9.17, 15) is 4.79 Å². The number of H-pyrrole nitrogens is 1. The first-order valence-electron chi connectivity index (χ1n) is 8.31. The Morgan fingerprint density at radius 1 is 1.12 bits per heavy atom. The lowest BCUT2D eigenvalue weighted by molar-refractivity contribution is 0.545. The number of benzene rings is 2. The fourth-order valence-corrected chi connectivity index (χ4v) is 3.41. The number of aromatic nitrogens is 5. The summed E-state index contributed by atoms with van der Waals surface area (Å²) in [5, 5.41) is 12.9. The fraction of sp³-hybridized carbons (Fsp3) is 0.158. The Hall–Kier alpha value is -3.06. The number of fused-ring (bicyclic) bond motifs is 1. The van der Waals surface area contributed by atoms with Gasteiger partial charge in [0.2, 0.25) is 0 Å². The standard InChI is InChI=1S/C19H17N5OS/c1-13(14-7-3-2-4-8-14)24-17(21-22-19(24)26)12-23-18(25)16-10-6-5-9-15(16)11-20-23/h2-11,13H,12H2,1H3,(H,22,26)/t13-/m0/s1. The lowest BCUT2D eigenvalue weighted by atomic mass is 10.1. The molecule has 0 aliphatic carbocycles. The van der Waals surface area contributed by atoms with E-state index >= 15 is 0 Å². The molecule has 4 rings (SSSR count). The second kappa shape index (κ2) is 6.68. The molecule has 130 valence electrons. The number of nitrogens with zero attached hydrogens (tertiary/aromatic N) is 4. The summed E-state index contributed by atoms with van der Waals surface area (Å²) in [5.74, 6) is 0.663. The van der Waals surface area contributed by atoms with Gasteiger partial charge in [-0.25, -0.2) is 4.68 Å². The van der Waals surface area contributed by atoms with Gasteiger partial charge < -0.3 is 0 Å². The van der Waals surface area contributed by atoms with Gasteiger partial charge in [-0.15, -0.1) is 0 Å². The van der Waals surface area contributed by atoms with Crippen LogP contribution < -0.4 is 5.56 Å². The molecule has 0 radical (unpaired) electrons. The van der Waals surface area contributed by atoms with E-state index in [1.807, 2.05) is 53.1 Å². The van der Waals surface area contributed by atoms with Gasteiger partial charge in [-0.05, 0) is 30.8 Å². The molecule has 0 amide bonds. The van der Waals surface area contributed by atoms with Gasteiger partial charge in [0, 0.05) is 5.39 Å². The van der Waals surface area contributed by atoms with Gasteiger partial charge in [0.1, 0.15) is 6.54 Å². The predicted molar refractivity (Wildman–Crippen MR) is 103 cm³/mol. The molecule has 0 fully saturated rings. The molecule has 2 aromatic carbocycles. The Bertz CT molecular complexity index is 1180. The Labute approximate surface area is 154 Å². The molecule has 1 N–H and O–H groups in total. The zero-order valence-corrected chi connectivity index (χ0v) is 15.0. The van der Waals surface area contributed by atoms with Crippen LogP contribution >= 0.6 is 12.2 Å². The summed E-state index contributed by atoms with van der Waals surface area (Å²) >= 11 is 5.41. The van der Waals surface area contributed by atoms with Crippen molar-refractivity contribution in [2.24, 2.45) is 0 Å². The molecule has 6 nitrogen and oxygen atoms in total. The summed E-state index contributed by atoms with van der Waals surface area (Å²) in [6.45, 7) is 2.30. The maximum Gasteiger partial charge on any atom is 0.275 e.